The molecule has 0 fully saturated rings. The van der Waals surface area contributed by atoms with Crippen molar-refractivity contribution < 1.29 is 13.2 Å². The summed E-state index contributed by atoms with van der Waals surface area (Å²) in [6.45, 7) is 3.00. The number of rotatable bonds is 5. The van der Waals surface area contributed by atoms with Crippen LogP contribution in [0.3, 0.4) is 0 Å². The minimum Gasteiger partial charge on any atom is -0.486 e. The van der Waals surface area contributed by atoms with Crippen molar-refractivity contribution in [3.8, 4) is 5.75 Å². The Labute approximate surface area is 120 Å². The van der Waals surface area contributed by atoms with Crippen LogP contribution < -0.4 is 14.8 Å². The van der Waals surface area contributed by atoms with Crippen molar-refractivity contribution in [2.45, 2.75) is 32.3 Å². The van der Waals surface area contributed by atoms with E-state index < -0.39 is 10.0 Å². The lowest BCUT2D eigenvalue weighted by molar-refractivity contribution is 0.196. The summed E-state index contributed by atoms with van der Waals surface area (Å²) in [6.07, 6.45) is 3.66. The van der Waals surface area contributed by atoms with Gasteiger partial charge in [0.1, 0.15) is 11.9 Å². The third kappa shape index (κ3) is 3.24. The van der Waals surface area contributed by atoms with Gasteiger partial charge in [-0.15, -0.1) is 0 Å². The van der Waals surface area contributed by atoms with Gasteiger partial charge in [-0.05, 0) is 43.5 Å². The van der Waals surface area contributed by atoms with Crippen LogP contribution in [-0.2, 0) is 16.4 Å². The second kappa shape index (κ2) is 6.01. The summed E-state index contributed by atoms with van der Waals surface area (Å²) in [5.41, 5.74) is 7.25. The minimum atomic E-state index is -3.29. The number of nitrogens with zero attached hydrogens (tertiary/aromatic N) is 1. The quantitative estimate of drug-likeness (QED) is 0.894. The maximum atomic E-state index is 12.0. The summed E-state index contributed by atoms with van der Waals surface area (Å²) in [4.78, 5) is 0. The van der Waals surface area contributed by atoms with Gasteiger partial charge in [0.25, 0.3) is 0 Å². The zero-order chi connectivity index (χ0) is 14.8. The molecule has 1 aliphatic rings. The number of benzene rings is 1. The van der Waals surface area contributed by atoms with Crippen molar-refractivity contribution in [3.63, 3.8) is 0 Å². The largest absolute Gasteiger partial charge is 0.486 e. The van der Waals surface area contributed by atoms with Gasteiger partial charge >= 0.3 is 0 Å². The average molecular weight is 298 g/mol. The first-order valence-corrected chi connectivity index (χ1v) is 8.78. The molecular weight excluding hydrogens is 276 g/mol. The zero-order valence-electron chi connectivity index (χ0n) is 12.0. The molecule has 0 aliphatic carbocycles. The van der Waals surface area contributed by atoms with E-state index >= 15 is 0 Å². The standard InChI is InChI=1S/C14H22N2O3S/c1-3-12-10-16(20(2,17)18)13-9-11(5-4-8-15)6-7-14(13)19-12/h6-7,9,12H,3-5,8,10,15H2,1-2H3. The Hall–Kier alpha value is -1.27. The van der Waals surface area contributed by atoms with Crippen LogP contribution in [0.1, 0.15) is 25.3 Å². The van der Waals surface area contributed by atoms with Gasteiger partial charge in [0, 0.05) is 0 Å². The molecule has 0 radical (unpaired) electrons. The van der Waals surface area contributed by atoms with E-state index in [0.29, 0.717) is 24.5 Å². The fourth-order valence-electron chi connectivity index (χ4n) is 2.35. The highest BCUT2D eigenvalue weighted by Gasteiger charge is 2.30. The Morgan fingerprint density at radius 1 is 1.45 bits per heavy atom. The normalized spacial score (nSPS) is 18.6. The monoisotopic (exact) mass is 298 g/mol. The Bertz CT molecular complexity index is 572. The molecule has 2 rings (SSSR count). The predicted molar refractivity (Wildman–Crippen MR) is 80.7 cm³/mol. The van der Waals surface area contributed by atoms with Crippen LogP contribution in [0.15, 0.2) is 18.2 Å². The molecule has 1 unspecified atom stereocenters. The fraction of sp³-hybridized carbons (Fsp3) is 0.571. The molecule has 0 bridgehead atoms. The van der Waals surface area contributed by atoms with Crippen LogP contribution in [-0.4, -0.2) is 33.9 Å². The molecule has 0 saturated carbocycles. The van der Waals surface area contributed by atoms with Gasteiger partial charge < -0.3 is 10.5 Å². The number of sulfonamides is 1. The highest BCUT2D eigenvalue weighted by Crippen LogP contribution is 2.36. The van der Waals surface area contributed by atoms with Gasteiger partial charge in [-0.25, -0.2) is 8.42 Å². The highest BCUT2D eigenvalue weighted by molar-refractivity contribution is 7.92. The third-order valence-electron chi connectivity index (χ3n) is 3.48. The molecule has 0 spiro atoms. The van der Waals surface area contributed by atoms with Crippen molar-refractivity contribution in [1.82, 2.24) is 0 Å². The molecule has 0 aromatic heterocycles. The minimum absolute atomic E-state index is 0.0906. The lowest BCUT2D eigenvalue weighted by Gasteiger charge is -2.34. The molecule has 1 aromatic rings. The molecule has 1 heterocycles. The van der Waals surface area contributed by atoms with Gasteiger partial charge in [0.05, 0.1) is 18.5 Å². The lowest BCUT2D eigenvalue weighted by atomic mass is 10.1. The van der Waals surface area contributed by atoms with Gasteiger partial charge in [-0.3, -0.25) is 4.31 Å². The van der Waals surface area contributed by atoms with E-state index in [4.69, 9.17) is 10.5 Å². The van der Waals surface area contributed by atoms with E-state index in [-0.39, 0.29) is 6.10 Å². The first kappa shape index (κ1) is 15.1. The number of aryl methyl sites for hydroxylation is 1. The highest BCUT2D eigenvalue weighted by atomic mass is 32.2. The van der Waals surface area contributed by atoms with Gasteiger partial charge in [-0.1, -0.05) is 13.0 Å². The molecule has 0 amide bonds. The SMILES string of the molecule is CCC1CN(S(C)(=O)=O)c2cc(CCCN)ccc2O1. The maximum Gasteiger partial charge on any atom is 0.232 e. The molecular formula is C14H22N2O3S. The van der Waals surface area contributed by atoms with Crippen molar-refractivity contribution >= 4 is 15.7 Å². The first-order chi connectivity index (χ1) is 9.45. The summed E-state index contributed by atoms with van der Waals surface area (Å²) in [6, 6.07) is 5.74. The number of hydrogen-bond acceptors (Lipinski definition) is 4. The molecule has 5 nitrogen and oxygen atoms in total. The smallest absolute Gasteiger partial charge is 0.232 e. The van der Waals surface area contributed by atoms with Crippen molar-refractivity contribution in [1.29, 1.82) is 0 Å². The molecule has 0 saturated heterocycles. The predicted octanol–water partition coefficient (Wildman–Crippen LogP) is 1.51. The van der Waals surface area contributed by atoms with E-state index in [9.17, 15) is 8.42 Å². The summed E-state index contributed by atoms with van der Waals surface area (Å²) in [5, 5.41) is 0. The van der Waals surface area contributed by atoms with E-state index in [1.165, 1.54) is 10.6 Å². The van der Waals surface area contributed by atoms with Gasteiger partial charge in [0.2, 0.25) is 10.0 Å². The van der Waals surface area contributed by atoms with Crippen molar-refractivity contribution in [3.05, 3.63) is 23.8 Å². The van der Waals surface area contributed by atoms with Crippen LogP contribution in [0.4, 0.5) is 5.69 Å². The second-order valence-corrected chi connectivity index (χ2v) is 7.04. The van der Waals surface area contributed by atoms with Crippen molar-refractivity contribution in [2.24, 2.45) is 5.73 Å². The number of hydrogen-bond donors (Lipinski definition) is 1. The van der Waals surface area contributed by atoms with E-state index in [0.717, 1.165) is 24.8 Å². The Morgan fingerprint density at radius 3 is 2.80 bits per heavy atom. The molecule has 1 aromatic carbocycles. The average Bonchev–Trinajstić information content (AvgIpc) is 2.42. The molecule has 6 heteroatoms. The number of ether oxygens (including phenoxy) is 1. The van der Waals surface area contributed by atoms with Crippen LogP contribution in [0, 0.1) is 0 Å². The lowest BCUT2D eigenvalue weighted by Crippen LogP contribution is -2.42. The van der Waals surface area contributed by atoms with Gasteiger partial charge in [-0.2, -0.15) is 0 Å². The van der Waals surface area contributed by atoms with Crippen LogP contribution in [0.2, 0.25) is 0 Å². The summed E-state index contributed by atoms with van der Waals surface area (Å²) in [7, 11) is -3.29. The summed E-state index contributed by atoms with van der Waals surface area (Å²) >= 11 is 0. The Kier molecular flexibility index (Phi) is 4.55. The topological polar surface area (TPSA) is 72.6 Å². The molecule has 2 N–H and O–H groups in total. The zero-order valence-corrected chi connectivity index (χ0v) is 12.8. The second-order valence-electron chi connectivity index (χ2n) is 5.14. The van der Waals surface area contributed by atoms with Crippen LogP contribution in [0.25, 0.3) is 0 Å². The molecule has 1 aliphatic heterocycles. The van der Waals surface area contributed by atoms with E-state index in [1.807, 2.05) is 25.1 Å². The van der Waals surface area contributed by atoms with Crippen LogP contribution >= 0.6 is 0 Å². The summed E-state index contributed by atoms with van der Waals surface area (Å²) < 4.78 is 31.3. The Balaban J connectivity index is 2.38. The third-order valence-corrected chi connectivity index (χ3v) is 4.63. The number of fused-ring (bicyclic) bond motifs is 1. The summed E-state index contributed by atoms with van der Waals surface area (Å²) in [5.74, 6) is 0.644. The van der Waals surface area contributed by atoms with E-state index in [1.54, 1.807) is 0 Å². The molecule has 20 heavy (non-hydrogen) atoms. The first-order valence-electron chi connectivity index (χ1n) is 6.93. The Morgan fingerprint density at radius 2 is 2.20 bits per heavy atom. The van der Waals surface area contributed by atoms with Crippen molar-refractivity contribution in [2.75, 3.05) is 23.7 Å². The number of anilines is 1. The maximum absolute atomic E-state index is 12.0. The molecule has 112 valence electrons. The number of nitrogens with two attached hydrogens (primary N) is 1. The van der Waals surface area contributed by atoms with Gasteiger partial charge in [0.15, 0.2) is 0 Å². The van der Waals surface area contributed by atoms with Crippen LogP contribution in [0.5, 0.6) is 5.75 Å². The van der Waals surface area contributed by atoms with E-state index in [2.05, 4.69) is 0 Å². The fourth-order valence-corrected chi connectivity index (χ4v) is 3.28. The molecule has 1 atom stereocenters.